The standard InChI is InChI=1S/C11H14BrN3O3/c1-11(2,10(13)16)14-6-7-5-8(12)3-4-9(7)15(17)18/h3-5,14H,6H2,1-2H3,(H2,13,16). The average Bonchev–Trinajstić information content (AvgIpc) is 2.26. The molecule has 18 heavy (non-hydrogen) atoms. The van der Waals surface area contributed by atoms with E-state index >= 15 is 0 Å². The summed E-state index contributed by atoms with van der Waals surface area (Å²) in [5.74, 6) is -0.514. The van der Waals surface area contributed by atoms with Crippen LogP contribution in [0.25, 0.3) is 0 Å². The Kier molecular flexibility index (Phi) is 4.42. The van der Waals surface area contributed by atoms with Crippen molar-refractivity contribution < 1.29 is 9.72 Å². The van der Waals surface area contributed by atoms with Crippen LogP contribution < -0.4 is 11.1 Å². The Morgan fingerprint density at radius 2 is 2.17 bits per heavy atom. The van der Waals surface area contributed by atoms with Gasteiger partial charge >= 0.3 is 0 Å². The number of halogens is 1. The number of primary amides is 1. The van der Waals surface area contributed by atoms with Gasteiger partial charge in [-0.1, -0.05) is 15.9 Å². The monoisotopic (exact) mass is 315 g/mol. The van der Waals surface area contributed by atoms with Gasteiger partial charge in [-0.3, -0.25) is 20.2 Å². The van der Waals surface area contributed by atoms with Crippen LogP contribution in [0.15, 0.2) is 22.7 Å². The van der Waals surface area contributed by atoms with E-state index < -0.39 is 16.4 Å². The number of amides is 1. The van der Waals surface area contributed by atoms with Gasteiger partial charge in [0.15, 0.2) is 0 Å². The van der Waals surface area contributed by atoms with Crippen LogP contribution in [0.2, 0.25) is 0 Å². The summed E-state index contributed by atoms with van der Waals surface area (Å²) in [6.45, 7) is 3.43. The molecule has 0 aliphatic heterocycles. The molecule has 0 spiro atoms. The number of rotatable bonds is 5. The van der Waals surface area contributed by atoms with Crippen molar-refractivity contribution >= 4 is 27.5 Å². The lowest BCUT2D eigenvalue weighted by atomic mass is 10.0. The highest BCUT2D eigenvalue weighted by Gasteiger charge is 2.25. The molecule has 0 fully saturated rings. The lowest BCUT2D eigenvalue weighted by Crippen LogP contribution is -2.50. The molecule has 1 rings (SSSR count). The zero-order valence-electron chi connectivity index (χ0n) is 10.1. The van der Waals surface area contributed by atoms with Crippen molar-refractivity contribution in [3.63, 3.8) is 0 Å². The van der Waals surface area contributed by atoms with Gasteiger partial charge in [0.1, 0.15) is 0 Å². The molecule has 3 N–H and O–H groups in total. The molecule has 0 heterocycles. The van der Waals surface area contributed by atoms with Gasteiger partial charge in [-0.2, -0.15) is 0 Å². The van der Waals surface area contributed by atoms with Gasteiger partial charge < -0.3 is 5.73 Å². The maximum atomic E-state index is 11.1. The fourth-order valence-electron chi connectivity index (χ4n) is 1.28. The normalized spacial score (nSPS) is 11.3. The minimum absolute atomic E-state index is 0.00553. The van der Waals surface area contributed by atoms with Crippen molar-refractivity contribution in [2.24, 2.45) is 5.73 Å². The number of nitro groups is 1. The smallest absolute Gasteiger partial charge is 0.273 e. The third-order valence-electron chi connectivity index (χ3n) is 2.58. The molecule has 7 heteroatoms. The number of nitrogens with one attached hydrogen (secondary N) is 1. The number of carbonyl (C=O) groups excluding carboxylic acids is 1. The highest BCUT2D eigenvalue weighted by atomic mass is 79.9. The van der Waals surface area contributed by atoms with Gasteiger partial charge in [-0.25, -0.2) is 0 Å². The Labute approximate surface area is 113 Å². The Morgan fingerprint density at radius 3 is 2.67 bits per heavy atom. The largest absolute Gasteiger partial charge is 0.368 e. The van der Waals surface area contributed by atoms with E-state index in [2.05, 4.69) is 21.2 Å². The van der Waals surface area contributed by atoms with Crippen LogP contribution in [0.4, 0.5) is 5.69 Å². The SMILES string of the molecule is CC(C)(NCc1cc(Br)ccc1[N+](=O)[O-])C(N)=O. The van der Waals surface area contributed by atoms with E-state index in [4.69, 9.17) is 5.73 Å². The topological polar surface area (TPSA) is 98.3 Å². The summed E-state index contributed by atoms with van der Waals surface area (Å²) in [6, 6.07) is 4.65. The fourth-order valence-corrected chi connectivity index (χ4v) is 1.69. The lowest BCUT2D eigenvalue weighted by molar-refractivity contribution is -0.385. The molecule has 0 aliphatic carbocycles. The Morgan fingerprint density at radius 1 is 1.56 bits per heavy atom. The van der Waals surface area contributed by atoms with E-state index in [1.54, 1.807) is 26.0 Å². The van der Waals surface area contributed by atoms with Crippen LogP contribution in [0, 0.1) is 10.1 Å². The molecule has 0 saturated heterocycles. The van der Waals surface area contributed by atoms with Crippen molar-refractivity contribution in [3.05, 3.63) is 38.3 Å². The fraction of sp³-hybridized carbons (Fsp3) is 0.364. The predicted molar refractivity (Wildman–Crippen MR) is 70.9 cm³/mol. The van der Waals surface area contributed by atoms with Gasteiger partial charge in [-0.15, -0.1) is 0 Å². The Balaban J connectivity index is 2.94. The molecule has 1 amide bonds. The van der Waals surface area contributed by atoms with Crippen LogP contribution in [0.5, 0.6) is 0 Å². The molecular formula is C11H14BrN3O3. The second-order valence-corrected chi connectivity index (χ2v) is 5.29. The maximum Gasteiger partial charge on any atom is 0.273 e. The zero-order chi connectivity index (χ0) is 13.9. The first kappa shape index (κ1) is 14.6. The molecule has 0 aromatic heterocycles. The molecule has 0 unspecified atom stereocenters. The van der Waals surface area contributed by atoms with Crippen LogP contribution in [-0.4, -0.2) is 16.4 Å². The first-order valence-electron chi connectivity index (χ1n) is 5.22. The Bertz CT molecular complexity index is 488. The average molecular weight is 316 g/mol. The highest BCUT2D eigenvalue weighted by Crippen LogP contribution is 2.23. The summed E-state index contributed by atoms with van der Waals surface area (Å²) in [7, 11) is 0. The summed E-state index contributed by atoms with van der Waals surface area (Å²) in [6.07, 6.45) is 0. The first-order valence-corrected chi connectivity index (χ1v) is 6.01. The van der Waals surface area contributed by atoms with E-state index in [-0.39, 0.29) is 12.2 Å². The van der Waals surface area contributed by atoms with E-state index in [0.29, 0.717) is 5.56 Å². The van der Waals surface area contributed by atoms with Crippen LogP contribution >= 0.6 is 15.9 Å². The van der Waals surface area contributed by atoms with Crippen molar-refractivity contribution in [2.75, 3.05) is 0 Å². The summed E-state index contributed by atoms with van der Waals surface area (Å²) >= 11 is 3.25. The number of nitrogens with zero attached hydrogens (tertiary/aromatic N) is 1. The second-order valence-electron chi connectivity index (χ2n) is 4.37. The summed E-state index contributed by atoms with van der Waals surface area (Å²) in [4.78, 5) is 21.5. The van der Waals surface area contributed by atoms with E-state index in [0.717, 1.165) is 4.47 Å². The molecular weight excluding hydrogens is 302 g/mol. The number of carbonyl (C=O) groups is 1. The van der Waals surface area contributed by atoms with E-state index in [1.807, 2.05) is 0 Å². The van der Waals surface area contributed by atoms with Crippen LogP contribution in [0.3, 0.4) is 0 Å². The third kappa shape index (κ3) is 3.51. The van der Waals surface area contributed by atoms with Gasteiger partial charge in [0.2, 0.25) is 5.91 Å². The number of nitro benzene ring substituents is 1. The molecule has 0 saturated carbocycles. The minimum Gasteiger partial charge on any atom is -0.368 e. The van der Waals surface area contributed by atoms with Crippen molar-refractivity contribution in [3.8, 4) is 0 Å². The first-order chi connectivity index (χ1) is 8.24. The number of hydrogen-bond donors (Lipinski definition) is 2. The van der Waals surface area contributed by atoms with E-state index in [1.165, 1.54) is 6.07 Å². The molecule has 1 aromatic carbocycles. The van der Waals surface area contributed by atoms with Crippen molar-refractivity contribution in [1.29, 1.82) is 0 Å². The molecule has 1 aromatic rings. The highest BCUT2D eigenvalue weighted by molar-refractivity contribution is 9.10. The lowest BCUT2D eigenvalue weighted by Gasteiger charge is -2.22. The van der Waals surface area contributed by atoms with Gasteiger partial charge in [-0.05, 0) is 26.0 Å². The second kappa shape index (κ2) is 5.45. The molecule has 6 nitrogen and oxygen atoms in total. The zero-order valence-corrected chi connectivity index (χ0v) is 11.7. The van der Waals surface area contributed by atoms with Crippen LogP contribution in [0.1, 0.15) is 19.4 Å². The number of hydrogen-bond acceptors (Lipinski definition) is 4. The van der Waals surface area contributed by atoms with Gasteiger partial charge in [0, 0.05) is 22.6 Å². The summed E-state index contributed by atoms with van der Waals surface area (Å²) in [5, 5.41) is 13.8. The molecule has 0 aliphatic rings. The predicted octanol–water partition coefficient (Wildman–Crippen LogP) is 1.71. The summed E-state index contributed by atoms with van der Waals surface area (Å²) < 4.78 is 0.738. The number of benzene rings is 1. The maximum absolute atomic E-state index is 11.1. The minimum atomic E-state index is -0.920. The van der Waals surface area contributed by atoms with Crippen LogP contribution in [-0.2, 0) is 11.3 Å². The molecule has 98 valence electrons. The van der Waals surface area contributed by atoms with E-state index in [9.17, 15) is 14.9 Å². The van der Waals surface area contributed by atoms with Gasteiger partial charge in [0.05, 0.1) is 10.5 Å². The Hall–Kier alpha value is -1.47. The molecule has 0 atom stereocenters. The molecule has 0 radical (unpaired) electrons. The quantitative estimate of drug-likeness (QED) is 0.638. The number of nitrogens with two attached hydrogens (primary N) is 1. The van der Waals surface area contributed by atoms with Crippen molar-refractivity contribution in [2.45, 2.75) is 25.9 Å². The summed E-state index contributed by atoms with van der Waals surface area (Å²) in [5.41, 5.74) is 4.79. The van der Waals surface area contributed by atoms with Crippen molar-refractivity contribution in [1.82, 2.24) is 5.32 Å². The van der Waals surface area contributed by atoms with Gasteiger partial charge in [0.25, 0.3) is 5.69 Å². The molecule has 0 bridgehead atoms. The third-order valence-corrected chi connectivity index (χ3v) is 3.07.